The van der Waals surface area contributed by atoms with E-state index in [4.69, 9.17) is 0 Å². The van der Waals surface area contributed by atoms with Crippen LogP contribution < -0.4 is 5.32 Å². The molecule has 0 bridgehead atoms. The van der Waals surface area contributed by atoms with Crippen LogP contribution in [-0.4, -0.2) is 37.1 Å². The Balaban J connectivity index is 2.07. The van der Waals surface area contributed by atoms with Crippen molar-refractivity contribution in [2.24, 2.45) is 11.3 Å². The fraction of sp³-hybridized carbons (Fsp3) is 1.00. The van der Waals surface area contributed by atoms with E-state index in [1.54, 1.807) is 0 Å². The molecule has 2 heteroatoms. The van der Waals surface area contributed by atoms with E-state index in [0.29, 0.717) is 11.5 Å². The summed E-state index contributed by atoms with van der Waals surface area (Å²) in [5, 5.41) is 3.49. The lowest BCUT2D eigenvalue weighted by atomic mass is 9.75. The average Bonchev–Trinajstić information content (AvgIpc) is 2.34. The Kier molecular flexibility index (Phi) is 7.38. The van der Waals surface area contributed by atoms with Gasteiger partial charge in [-0.15, -0.1) is 0 Å². The minimum Gasteiger partial charge on any atom is -0.315 e. The van der Waals surface area contributed by atoms with Crippen molar-refractivity contribution in [3.05, 3.63) is 0 Å². The van der Waals surface area contributed by atoms with Crippen molar-refractivity contribution < 1.29 is 0 Å². The molecule has 1 unspecified atom stereocenters. The minimum absolute atomic E-state index is 0.507. The van der Waals surface area contributed by atoms with Crippen molar-refractivity contribution in [2.45, 2.75) is 72.8 Å². The quantitative estimate of drug-likeness (QED) is 0.704. The Morgan fingerprint density at radius 2 is 1.79 bits per heavy atom. The molecule has 1 fully saturated rings. The van der Waals surface area contributed by atoms with Crippen molar-refractivity contribution in [3.8, 4) is 0 Å². The maximum atomic E-state index is 3.49. The van der Waals surface area contributed by atoms with Gasteiger partial charge in [0.05, 0.1) is 0 Å². The van der Waals surface area contributed by atoms with E-state index in [-0.39, 0.29) is 0 Å². The molecule has 19 heavy (non-hydrogen) atoms. The van der Waals surface area contributed by atoms with Crippen molar-refractivity contribution in [1.29, 1.82) is 0 Å². The molecule has 0 aromatic rings. The highest BCUT2D eigenvalue weighted by atomic mass is 15.1. The molecule has 1 atom stereocenters. The lowest BCUT2D eigenvalue weighted by Gasteiger charge is -2.38. The van der Waals surface area contributed by atoms with Crippen LogP contribution in [0.2, 0.25) is 0 Å². The molecule has 0 aromatic heterocycles. The van der Waals surface area contributed by atoms with Gasteiger partial charge in [0.15, 0.2) is 0 Å². The number of rotatable bonds is 7. The number of hydrogen-bond acceptors (Lipinski definition) is 2. The van der Waals surface area contributed by atoms with Crippen molar-refractivity contribution in [1.82, 2.24) is 10.2 Å². The molecule has 0 aliphatic carbocycles. The fourth-order valence-electron chi connectivity index (χ4n) is 3.26. The maximum Gasteiger partial charge on any atom is 0.00386 e. The molecule has 0 saturated carbocycles. The number of likely N-dealkylation sites (tertiary alicyclic amines) is 1. The number of nitrogens with zero attached hydrogens (tertiary/aromatic N) is 1. The van der Waals surface area contributed by atoms with E-state index in [1.807, 2.05) is 0 Å². The molecule has 2 nitrogen and oxygen atoms in total. The van der Waals surface area contributed by atoms with Gasteiger partial charge in [-0.05, 0) is 70.1 Å². The predicted octanol–water partition coefficient (Wildman–Crippen LogP) is 3.91. The number of piperidine rings is 1. The van der Waals surface area contributed by atoms with Crippen LogP contribution in [0.5, 0.6) is 0 Å². The number of nitrogens with one attached hydrogen (secondary N) is 1. The molecular formula is C17H36N2. The SMILES string of the molecule is CCNC(C)CCCCN1CCC(C(C)(C)C)CC1. The molecule has 1 aliphatic rings. The second-order valence-electron chi connectivity index (χ2n) is 7.44. The molecule has 114 valence electrons. The second kappa shape index (κ2) is 8.26. The molecule has 1 rings (SSSR count). The summed E-state index contributed by atoms with van der Waals surface area (Å²) in [6.45, 7) is 16.8. The van der Waals surface area contributed by atoms with Gasteiger partial charge in [0.1, 0.15) is 0 Å². The Morgan fingerprint density at radius 3 is 2.32 bits per heavy atom. The maximum absolute atomic E-state index is 3.49. The first-order chi connectivity index (χ1) is 8.93. The minimum atomic E-state index is 0.507. The molecule has 1 saturated heterocycles. The highest BCUT2D eigenvalue weighted by molar-refractivity contribution is 4.80. The predicted molar refractivity (Wildman–Crippen MR) is 85.6 cm³/mol. The smallest absolute Gasteiger partial charge is 0.00386 e. The number of unbranched alkanes of at least 4 members (excludes halogenated alkanes) is 1. The van der Waals surface area contributed by atoms with Gasteiger partial charge in [-0.1, -0.05) is 34.1 Å². The monoisotopic (exact) mass is 268 g/mol. The van der Waals surface area contributed by atoms with E-state index in [1.165, 1.54) is 51.7 Å². The van der Waals surface area contributed by atoms with Gasteiger partial charge < -0.3 is 10.2 Å². The molecule has 1 heterocycles. The largest absolute Gasteiger partial charge is 0.315 e. The van der Waals surface area contributed by atoms with Crippen LogP contribution in [0.3, 0.4) is 0 Å². The Labute approximate surface area is 121 Å². The zero-order valence-electron chi connectivity index (χ0n) is 14.0. The first-order valence-corrected chi connectivity index (χ1v) is 8.39. The summed E-state index contributed by atoms with van der Waals surface area (Å²) >= 11 is 0. The molecule has 0 radical (unpaired) electrons. The molecule has 1 aliphatic heterocycles. The summed E-state index contributed by atoms with van der Waals surface area (Å²) in [6.07, 6.45) is 6.87. The van der Waals surface area contributed by atoms with E-state index >= 15 is 0 Å². The van der Waals surface area contributed by atoms with E-state index in [2.05, 4.69) is 44.8 Å². The van der Waals surface area contributed by atoms with Gasteiger partial charge in [-0.3, -0.25) is 0 Å². The van der Waals surface area contributed by atoms with Crippen molar-refractivity contribution in [3.63, 3.8) is 0 Å². The Bertz CT molecular complexity index is 224. The first-order valence-electron chi connectivity index (χ1n) is 8.39. The third kappa shape index (κ3) is 6.76. The Morgan fingerprint density at radius 1 is 1.16 bits per heavy atom. The third-order valence-electron chi connectivity index (χ3n) is 4.73. The second-order valence-corrected chi connectivity index (χ2v) is 7.44. The standard InChI is InChI=1S/C17H36N2/c1-6-18-15(2)9-7-8-12-19-13-10-16(11-14-19)17(3,4)5/h15-16,18H,6-14H2,1-5H3. The molecule has 1 N–H and O–H groups in total. The summed E-state index contributed by atoms with van der Waals surface area (Å²) in [5.74, 6) is 0.928. The molecule has 0 aromatic carbocycles. The lowest BCUT2D eigenvalue weighted by Crippen LogP contribution is -2.38. The highest BCUT2D eigenvalue weighted by Crippen LogP contribution is 2.34. The van der Waals surface area contributed by atoms with E-state index in [9.17, 15) is 0 Å². The van der Waals surface area contributed by atoms with Crippen LogP contribution in [0.4, 0.5) is 0 Å². The van der Waals surface area contributed by atoms with Crippen molar-refractivity contribution >= 4 is 0 Å². The van der Waals surface area contributed by atoms with Crippen molar-refractivity contribution in [2.75, 3.05) is 26.2 Å². The van der Waals surface area contributed by atoms with Crippen LogP contribution >= 0.6 is 0 Å². The van der Waals surface area contributed by atoms with Crippen LogP contribution in [0, 0.1) is 11.3 Å². The van der Waals surface area contributed by atoms with E-state index < -0.39 is 0 Å². The summed E-state index contributed by atoms with van der Waals surface area (Å²) in [7, 11) is 0. The van der Waals surface area contributed by atoms with Gasteiger partial charge >= 0.3 is 0 Å². The van der Waals surface area contributed by atoms with Gasteiger partial charge in [0.2, 0.25) is 0 Å². The van der Waals surface area contributed by atoms with Crippen LogP contribution in [0.1, 0.15) is 66.7 Å². The third-order valence-corrected chi connectivity index (χ3v) is 4.73. The summed E-state index contributed by atoms with van der Waals surface area (Å²) in [6, 6.07) is 0.691. The Hall–Kier alpha value is -0.0800. The highest BCUT2D eigenvalue weighted by Gasteiger charge is 2.28. The fourth-order valence-corrected chi connectivity index (χ4v) is 3.26. The zero-order valence-corrected chi connectivity index (χ0v) is 14.0. The normalized spacial score (nSPS) is 20.7. The van der Waals surface area contributed by atoms with Crippen LogP contribution in [0.15, 0.2) is 0 Å². The molecular weight excluding hydrogens is 232 g/mol. The first kappa shape index (κ1) is 17.0. The zero-order chi connectivity index (χ0) is 14.3. The summed E-state index contributed by atoms with van der Waals surface area (Å²) in [5.41, 5.74) is 0.507. The molecule has 0 spiro atoms. The van der Waals surface area contributed by atoms with Gasteiger partial charge in [0, 0.05) is 6.04 Å². The van der Waals surface area contributed by atoms with Gasteiger partial charge in [-0.25, -0.2) is 0 Å². The van der Waals surface area contributed by atoms with Crippen LogP contribution in [0.25, 0.3) is 0 Å². The average molecular weight is 268 g/mol. The van der Waals surface area contributed by atoms with Crippen LogP contribution in [-0.2, 0) is 0 Å². The lowest BCUT2D eigenvalue weighted by molar-refractivity contribution is 0.111. The summed E-state index contributed by atoms with van der Waals surface area (Å²) in [4.78, 5) is 2.68. The van der Waals surface area contributed by atoms with Gasteiger partial charge in [0.25, 0.3) is 0 Å². The summed E-state index contributed by atoms with van der Waals surface area (Å²) < 4.78 is 0. The number of hydrogen-bond donors (Lipinski definition) is 1. The van der Waals surface area contributed by atoms with E-state index in [0.717, 1.165) is 12.5 Å². The van der Waals surface area contributed by atoms with Gasteiger partial charge in [-0.2, -0.15) is 0 Å². The molecule has 0 amide bonds. The topological polar surface area (TPSA) is 15.3 Å².